The Morgan fingerprint density at radius 2 is 1.87 bits per heavy atom. The highest BCUT2D eigenvalue weighted by Gasteiger charge is 2.13. The number of hydrogen-bond acceptors (Lipinski definition) is 7. The monoisotopic (exact) mass is 423 g/mol. The SMILES string of the molecule is C/C(=N/NC(=O)c1ccc(CSc2nncn2C)cc1)c1ccc2c(c1)OCCO2. The van der Waals surface area contributed by atoms with Crippen molar-refractivity contribution in [1.82, 2.24) is 20.2 Å². The zero-order valence-corrected chi connectivity index (χ0v) is 17.5. The van der Waals surface area contributed by atoms with Crippen LogP contribution >= 0.6 is 11.8 Å². The van der Waals surface area contributed by atoms with Crippen molar-refractivity contribution in [3.05, 3.63) is 65.5 Å². The number of amides is 1. The summed E-state index contributed by atoms with van der Waals surface area (Å²) in [6, 6.07) is 13.0. The largest absolute Gasteiger partial charge is 0.486 e. The first-order valence-corrected chi connectivity index (χ1v) is 10.4. The third-order valence-electron chi connectivity index (χ3n) is 4.54. The van der Waals surface area contributed by atoms with Crippen molar-refractivity contribution < 1.29 is 14.3 Å². The summed E-state index contributed by atoms with van der Waals surface area (Å²) in [5.41, 5.74) is 5.78. The molecule has 0 saturated carbocycles. The molecule has 0 aliphatic carbocycles. The van der Waals surface area contributed by atoms with Crippen LogP contribution in [0.25, 0.3) is 0 Å². The van der Waals surface area contributed by atoms with E-state index in [2.05, 4.69) is 20.7 Å². The molecule has 9 heteroatoms. The highest BCUT2D eigenvalue weighted by molar-refractivity contribution is 7.98. The molecule has 0 spiro atoms. The molecule has 1 amide bonds. The molecule has 8 nitrogen and oxygen atoms in total. The van der Waals surface area contributed by atoms with Gasteiger partial charge in [-0.1, -0.05) is 23.9 Å². The van der Waals surface area contributed by atoms with Crippen LogP contribution in [0, 0.1) is 0 Å². The van der Waals surface area contributed by atoms with Crippen LogP contribution in [-0.4, -0.2) is 39.6 Å². The number of hydrazone groups is 1. The predicted octanol–water partition coefficient (Wildman–Crippen LogP) is 3.03. The van der Waals surface area contributed by atoms with E-state index in [1.54, 1.807) is 30.2 Å². The van der Waals surface area contributed by atoms with Gasteiger partial charge < -0.3 is 14.0 Å². The second-order valence-corrected chi connectivity index (χ2v) is 7.65. The molecule has 0 fully saturated rings. The second kappa shape index (κ2) is 9.00. The molecule has 3 aromatic rings. The van der Waals surface area contributed by atoms with Gasteiger partial charge in [0.05, 0.1) is 5.71 Å². The lowest BCUT2D eigenvalue weighted by molar-refractivity contribution is 0.0955. The van der Waals surface area contributed by atoms with Gasteiger partial charge in [-0.3, -0.25) is 4.79 Å². The van der Waals surface area contributed by atoms with Gasteiger partial charge in [0.2, 0.25) is 0 Å². The van der Waals surface area contributed by atoms with Gasteiger partial charge in [-0.2, -0.15) is 5.10 Å². The Balaban J connectivity index is 1.35. The summed E-state index contributed by atoms with van der Waals surface area (Å²) in [5.74, 6) is 1.89. The molecule has 0 bridgehead atoms. The van der Waals surface area contributed by atoms with Crippen molar-refractivity contribution in [2.24, 2.45) is 12.1 Å². The van der Waals surface area contributed by atoms with E-state index in [0.29, 0.717) is 30.2 Å². The zero-order valence-electron chi connectivity index (χ0n) is 16.7. The van der Waals surface area contributed by atoms with E-state index in [1.165, 1.54) is 0 Å². The van der Waals surface area contributed by atoms with E-state index in [9.17, 15) is 4.79 Å². The highest BCUT2D eigenvalue weighted by atomic mass is 32.2. The minimum absolute atomic E-state index is 0.264. The minimum Gasteiger partial charge on any atom is -0.486 e. The zero-order chi connectivity index (χ0) is 20.9. The van der Waals surface area contributed by atoms with Crippen molar-refractivity contribution in [2.45, 2.75) is 17.8 Å². The normalized spacial score (nSPS) is 13.2. The summed E-state index contributed by atoms with van der Waals surface area (Å²) < 4.78 is 13.0. The number of aromatic nitrogens is 3. The van der Waals surface area contributed by atoms with Gasteiger partial charge >= 0.3 is 0 Å². The molecule has 2 heterocycles. The Labute approximate surface area is 178 Å². The Morgan fingerprint density at radius 3 is 2.60 bits per heavy atom. The maximum Gasteiger partial charge on any atom is 0.271 e. The number of benzene rings is 2. The molecule has 4 rings (SSSR count). The Hall–Kier alpha value is -3.33. The third-order valence-corrected chi connectivity index (χ3v) is 5.64. The van der Waals surface area contributed by atoms with Crippen LogP contribution in [0.15, 0.2) is 59.0 Å². The number of thioether (sulfide) groups is 1. The molecule has 154 valence electrons. The first kappa shape index (κ1) is 20.0. The number of carbonyl (C=O) groups is 1. The molecule has 1 aliphatic rings. The van der Waals surface area contributed by atoms with E-state index in [0.717, 1.165) is 27.8 Å². The van der Waals surface area contributed by atoms with Crippen LogP contribution in [-0.2, 0) is 12.8 Å². The van der Waals surface area contributed by atoms with Crippen molar-refractivity contribution in [2.75, 3.05) is 13.2 Å². The van der Waals surface area contributed by atoms with Gasteiger partial charge in [0.25, 0.3) is 5.91 Å². The van der Waals surface area contributed by atoms with Crippen LogP contribution in [0.5, 0.6) is 11.5 Å². The van der Waals surface area contributed by atoms with Crippen molar-refractivity contribution in [3.63, 3.8) is 0 Å². The van der Waals surface area contributed by atoms with Gasteiger partial charge in [0.1, 0.15) is 19.5 Å². The summed E-state index contributed by atoms with van der Waals surface area (Å²) in [6.45, 7) is 2.90. The van der Waals surface area contributed by atoms with E-state index < -0.39 is 0 Å². The Morgan fingerprint density at radius 1 is 1.13 bits per heavy atom. The van der Waals surface area contributed by atoms with Crippen LogP contribution < -0.4 is 14.9 Å². The minimum atomic E-state index is -0.264. The number of ether oxygens (including phenoxy) is 2. The number of fused-ring (bicyclic) bond motifs is 1. The first-order valence-electron chi connectivity index (χ1n) is 9.40. The lowest BCUT2D eigenvalue weighted by Gasteiger charge is -2.18. The molecule has 0 radical (unpaired) electrons. The van der Waals surface area contributed by atoms with Gasteiger partial charge in [-0.15, -0.1) is 10.2 Å². The van der Waals surface area contributed by atoms with Crippen molar-refractivity contribution in [1.29, 1.82) is 0 Å². The van der Waals surface area contributed by atoms with E-state index in [1.807, 2.05) is 48.9 Å². The topological polar surface area (TPSA) is 90.6 Å². The molecule has 0 unspecified atom stereocenters. The Kier molecular flexibility index (Phi) is 5.99. The maximum absolute atomic E-state index is 12.4. The van der Waals surface area contributed by atoms with E-state index in [-0.39, 0.29) is 5.91 Å². The first-order chi connectivity index (χ1) is 14.6. The van der Waals surface area contributed by atoms with Gasteiger partial charge in [0.15, 0.2) is 16.7 Å². The van der Waals surface area contributed by atoms with Crippen LogP contribution in [0.3, 0.4) is 0 Å². The fourth-order valence-corrected chi connectivity index (χ4v) is 3.68. The Bertz CT molecular complexity index is 1080. The number of rotatable bonds is 6. The maximum atomic E-state index is 12.4. The predicted molar refractivity (Wildman–Crippen MR) is 114 cm³/mol. The molecule has 0 atom stereocenters. The number of carbonyl (C=O) groups excluding carboxylic acids is 1. The number of nitrogens with zero attached hydrogens (tertiary/aromatic N) is 4. The molecule has 2 aromatic carbocycles. The fourth-order valence-electron chi connectivity index (χ4n) is 2.84. The quantitative estimate of drug-likeness (QED) is 0.372. The average molecular weight is 423 g/mol. The molecule has 1 aromatic heterocycles. The third kappa shape index (κ3) is 4.62. The van der Waals surface area contributed by atoms with Crippen molar-refractivity contribution >= 4 is 23.4 Å². The average Bonchev–Trinajstić information content (AvgIpc) is 3.20. The lowest BCUT2D eigenvalue weighted by Crippen LogP contribution is -2.19. The summed E-state index contributed by atoms with van der Waals surface area (Å²) in [6.07, 6.45) is 1.67. The molecule has 1 aliphatic heterocycles. The van der Waals surface area contributed by atoms with Crippen LogP contribution in [0.4, 0.5) is 0 Å². The molecule has 1 N–H and O–H groups in total. The summed E-state index contributed by atoms with van der Waals surface area (Å²) in [7, 11) is 1.91. The standard InChI is InChI=1S/C21H21N5O3S/c1-14(17-7-8-18-19(11-17)29-10-9-28-18)23-24-20(27)16-5-3-15(4-6-16)12-30-21-25-22-13-26(21)2/h3-8,11,13H,9-10,12H2,1-2H3,(H,24,27)/b23-14-. The van der Waals surface area contributed by atoms with Gasteiger partial charge in [-0.05, 0) is 42.8 Å². The fraction of sp³-hybridized carbons (Fsp3) is 0.238. The number of nitrogens with one attached hydrogen (secondary N) is 1. The van der Waals surface area contributed by atoms with Gasteiger partial charge in [0, 0.05) is 23.9 Å². The van der Waals surface area contributed by atoms with E-state index in [4.69, 9.17) is 9.47 Å². The lowest BCUT2D eigenvalue weighted by atomic mass is 10.1. The number of hydrogen-bond donors (Lipinski definition) is 1. The summed E-state index contributed by atoms with van der Waals surface area (Å²) in [4.78, 5) is 12.4. The molecular formula is C21H21N5O3S. The molecule has 30 heavy (non-hydrogen) atoms. The summed E-state index contributed by atoms with van der Waals surface area (Å²) >= 11 is 1.59. The summed E-state index contributed by atoms with van der Waals surface area (Å²) in [5, 5.41) is 13.0. The van der Waals surface area contributed by atoms with Crippen LogP contribution in [0.2, 0.25) is 0 Å². The molecular weight excluding hydrogens is 402 g/mol. The smallest absolute Gasteiger partial charge is 0.271 e. The second-order valence-electron chi connectivity index (χ2n) is 6.71. The number of aryl methyl sites for hydroxylation is 1. The highest BCUT2D eigenvalue weighted by Crippen LogP contribution is 2.30. The van der Waals surface area contributed by atoms with Gasteiger partial charge in [-0.25, -0.2) is 5.43 Å². The molecule has 0 saturated heterocycles. The van der Waals surface area contributed by atoms with Crippen molar-refractivity contribution in [3.8, 4) is 11.5 Å². The van der Waals surface area contributed by atoms with Crippen LogP contribution in [0.1, 0.15) is 28.4 Å². The van der Waals surface area contributed by atoms with E-state index >= 15 is 0 Å².